The molecule has 0 aliphatic heterocycles. The van der Waals surface area contributed by atoms with Crippen LogP contribution in [0.5, 0.6) is 23.0 Å². The molecule has 8 nitrogen and oxygen atoms in total. The van der Waals surface area contributed by atoms with Crippen LogP contribution in [-0.4, -0.2) is 39.8 Å². The number of nitrogens with one attached hydrogen (secondary N) is 1. The molecule has 0 aliphatic rings. The van der Waals surface area contributed by atoms with Gasteiger partial charge < -0.3 is 30.0 Å². The zero-order chi connectivity index (χ0) is 20.5. The van der Waals surface area contributed by atoms with E-state index in [1.54, 1.807) is 43.5 Å². The molecule has 0 fully saturated rings. The summed E-state index contributed by atoms with van der Waals surface area (Å²) in [6.07, 6.45) is 0.0887. The van der Waals surface area contributed by atoms with Gasteiger partial charge in [0.2, 0.25) is 0 Å². The Balaban J connectivity index is 0.00000420. The molecule has 0 atom stereocenters. The van der Waals surface area contributed by atoms with E-state index in [2.05, 4.69) is 10.1 Å². The van der Waals surface area contributed by atoms with Crippen LogP contribution in [0.1, 0.15) is 22.3 Å². The molecule has 2 rings (SSSR count). The van der Waals surface area contributed by atoms with Gasteiger partial charge >= 0.3 is 5.97 Å². The highest BCUT2D eigenvalue weighted by atomic mass is 35.5. The third-order valence-electron chi connectivity index (χ3n) is 4.00. The summed E-state index contributed by atoms with van der Waals surface area (Å²) in [5.41, 5.74) is 6.88. The van der Waals surface area contributed by atoms with E-state index in [9.17, 15) is 9.59 Å². The number of carbonyl (C=O) groups excluding carboxylic acids is 2. The number of hydrogen-bond acceptors (Lipinski definition) is 7. The van der Waals surface area contributed by atoms with Crippen molar-refractivity contribution < 1.29 is 28.5 Å². The standard InChI is InChI=1S/C20H24N2O6.ClH/c1-25-15-5-4-6-16(14(15)12-21)28-18-11-13(7-8-17(18)26-2)20(24)22-10-9-19(23)27-3;/h4-8,11H,9-10,12,21H2,1-3H3,(H,22,24);1H. The Morgan fingerprint density at radius 1 is 0.966 bits per heavy atom. The summed E-state index contributed by atoms with van der Waals surface area (Å²) < 4.78 is 21.2. The Labute approximate surface area is 175 Å². The first-order valence-corrected chi connectivity index (χ1v) is 8.60. The second-order valence-corrected chi connectivity index (χ2v) is 5.69. The predicted molar refractivity (Wildman–Crippen MR) is 110 cm³/mol. The summed E-state index contributed by atoms with van der Waals surface area (Å²) in [5.74, 6) is 1.18. The minimum Gasteiger partial charge on any atom is -0.496 e. The fourth-order valence-electron chi connectivity index (χ4n) is 2.53. The molecular formula is C20H25ClN2O6. The molecule has 0 bridgehead atoms. The van der Waals surface area contributed by atoms with Crippen LogP contribution in [0.4, 0.5) is 0 Å². The number of hydrogen-bond donors (Lipinski definition) is 2. The van der Waals surface area contributed by atoms with Crippen LogP contribution >= 0.6 is 12.4 Å². The van der Waals surface area contributed by atoms with Gasteiger partial charge in [-0.3, -0.25) is 9.59 Å². The Bertz CT molecular complexity index is 844. The number of halogens is 1. The van der Waals surface area contributed by atoms with Crippen molar-refractivity contribution in [3.8, 4) is 23.0 Å². The van der Waals surface area contributed by atoms with Crippen LogP contribution in [-0.2, 0) is 16.1 Å². The number of rotatable bonds is 9. The van der Waals surface area contributed by atoms with Gasteiger partial charge in [-0.05, 0) is 30.3 Å². The molecule has 1 amide bonds. The third kappa shape index (κ3) is 6.27. The number of methoxy groups -OCH3 is 3. The Morgan fingerprint density at radius 3 is 2.28 bits per heavy atom. The van der Waals surface area contributed by atoms with Crippen molar-refractivity contribution in [3.05, 3.63) is 47.5 Å². The molecule has 0 heterocycles. The highest BCUT2D eigenvalue weighted by molar-refractivity contribution is 5.95. The summed E-state index contributed by atoms with van der Waals surface area (Å²) >= 11 is 0. The summed E-state index contributed by atoms with van der Waals surface area (Å²) in [7, 11) is 4.36. The van der Waals surface area contributed by atoms with Crippen LogP contribution < -0.4 is 25.3 Å². The fourth-order valence-corrected chi connectivity index (χ4v) is 2.53. The topological polar surface area (TPSA) is 109 Å². The lowest BCUT2D eigenvalue weighted by molar-refractivity contribution is -0.140. The van der Waals surface area contributed by atoms with E-state index in [0.717, 1.165) is 0 Å². The lowest BCUT2D eigenvalue weighted by Crippen LogP contribution is -2.26. The van der Waals surface area contributed by atoms with Gasteiger partial charge in [-0.2, -0.15) is 0 Å². The minimum atomic E-state index is -0.397. The van der Waals surface area contributed by atoms with E-state index < -0.39 is 5.97 Å². The van der Waals surface area contributed by atoms with Gasteiger partial charge in [0, 0.05) is 18.7 Å². The number of carbonyl (C=O) groups is 2. The molecule has 0 spiro atoms. The smallest absolute Gasteiger partial charge is 0.307 e. The largest absolute Gasteiger partial charge is 0.496 e. The SMILES string of the molecule is COC(=O)CCNC(=O)c1ccc(OC)c(Oc2cccc(OC)c2CN)c1.Cl. The zero-order valence-electron chi connectivity index (χ0n) is 16.5. The van der Waals surface area contributed by atoms with E-state index in [1.807, 2.05) is 0 Å². The van der Waals surface area contributed by atoms with Crippen molar-refractivity contribution in [1.82, 2.24) is 5.32 Å². The first-order valence-electron chi connectivity index (χ1n) is 8.60. The van der Waals surface area contributed by atoms with E-state index in [4.69, 9.17) is 19.9 Å². The average molecular weight is 425 g/mol. The van der Waals surface area contributed by atoms with Crippen LogP contribution in [0.25, 0.3) is 0 Å². The number of nitrogens with two attached hydrogens (primary N) is 1. The molecule has 0 aromatic heterocycles. The van der Waals surface area contributed by atoms with Crippen LogP contribution in [0.3, 0.4) is 0 Å². The Hall–Kier alpha value is -2.97. The molecular weight excluding hydrogens is 400 g/mol. The molecule has 29 heavy (non-hydrogen) atoms. The maximum absolute atomic E-state index is 12.3. The van der Waals surface area contributed by atoms with E-state index >= 15 is 0 Å². The average Bonchev–Trinajstić information content (AvgIpc) is 2.73. The minimum absolute atomic E-state index is 0. The highest BCUT2D eigenvalue weighted by Crippen LogP contribution is 2.36. The second-order valence-electron chi connectivity index (χ2n) is 5.69. The van der Waals surface area contributed by atoms with Gasteiger partial charge in [0.05, 0.1) is 33.3 Å². The van der Waals surface area contributed by atoms with Crippen molar-refractivity contribution in [3.63, 3.8) is 0 Å². The second kappa shape index (κ2) is 11.8. The number of ether oxygens (including phenoxy) is 4. The molecule has 2 aromatic carbocycles. The maximum Gasteiger partial charge on any atom is 0.307 e. The summed E-state index contributed by atoms with van der Waals surface area (Å²) in [4.78, 5) is 23.5. The van der Waals surface area contributed by atoms with Gasteiger partial charge in [-0.25, -0.2) is 0 Å². The van der Waals surface area contributed by atoms with Crippen molar-refractivity contribution in [2.45, 2.75) is 13.0 Å². The first kappa shape index (κ1) is 24.1. The monoisotopic (exact) mass is 424 g/mol. The highest BCUT2D eigenvalue weighted by Gasteiger charge is 2.15. The van der Waals surface area contributed by atoms with E-state index in [1.165, 1.54) is 14.2 Å². The van der Waals surface area contributed by atoms with Gasteiger partial charge in [0.25, 0.3) is 5.91 Å². The van der Waals surface area contributed by atoms with E-state index in [0.29, 0.717) is 34.1 Å². The van der Waals surface area contributed by atoms with Gasteiger partial charge in [-0.15, -0.1) is 12.4 Å². The van der Waals surface area contributed by atoms with Crippen molar-refractivity contribution in [1.29, 1.82) is 0 Å². The Kier molecular flexibility index (Phi) is 9.78. The predicted octanol–water partition coefficient (Wildman–Crippen LogP) is 2.67. The van der Waals surface area contributed by atoms with Crippen molar-refractivity contribution in [2.24, 2.45) is 5.73 Å². The van der Waals surface area contributed by atoms with Crippen LogP contribution in [0.2, 0.25) is 0 Å². The number of esters is 1. The lowest BCUT2D eigenvalue weighted by Gasteiger charge is -2.16. The van der Waals surface area contributed by atoms with Crippen molar-refractivity contribution >= 4 is 24.3 Å². The molecule has 158 valence electrons. The molecule has 0 unspecified atom stereocenters. The van der Waals surface area contributed by atoms with E-state index in [-0.39, 0.29) is 37.8 Å². The summed E-state index contributed by atoms with van der Waals surface area (Å²) in [6.45, 7) is 0.385. The fraction of sp³-hybridized carbons (Fsp3) is 0.300. The molecule has 3 N–H and O–H groups in total. The molecule has 0 saturated carbocycles. The summed E-state index contributed by atoms with van der Waals surface area (Å²) in [5, 5.41) is 2.66. The van der Waals surface area contributed by atoms with Gasteiger partial charge in [0.1, 0.15) is 11.5 Å². The molecule has 0 saturated heterocycles. The summed E-state index contributed by atoms with van der Waals surface area (Å²) in [6, 6.07) is 10.1. The number of amides is 1. The van der Waals surface area contributed by atoms with Crippen LogP contribution in [0, 0.1) is 0 Å². The van der Waals surface area contributed by atoms with Crippen molar-refractivity contribution in [2.75, 3.05) is 27.9 Å². The molecule has 2 aromatic rings. The third-order valence-corrected chi connectivity index (χ3v) is 4.00. The molecule has 0 radical (unpaired) electrons. The molecule has 9 heteroatoms. The maximum atomic E-state index is 12.3. The lowest BCUT2D eigenvalue weighted by atomic mass is 10.1. The van der Waals surface area contributed by atoms with Gasteiger partial charge in [-0.1, -0.05) is 6.07 Å². The normalized spacial score (nSPS) is 9.79. The quantitative estimate of drug-likeness (QED) is 0.595. The number of benzene rings is 2. The molecule has 0 aliphatic carbocycles. The Morgan fingerprint density at radius 2 is 1.66 bits per heavy atom. The van der Waals surface area contributed by atoms with Gasteiger partial charge in [0.15, 0.2) is 11.5 Å². The first-order chi connectivity index (χ1) is 13.5. The van der Waals surface area contributed by atoms with Crippen LogP contribution in [0.15, 0.2) is 36.4 Å². The zero-order valence-corrected chi connectivity index (χ0v) is 17.3.